The highest BCUT2D eigenvalue weighted by atomic mass is 15.2. The zero-order valence-electron chi connectivity index (χ0n) is 19.2. The Morgan fingerprint density at radius 3 is 2.12 bits per heavy atom. The molecular weight excluding hydrogens is 388 g/mol. The summed E-state index contributed by atoms with van der Waals surface area (Å²) < 4.78 is 0. The molecule has 0 N–H and O–H groups in total. The van der Waals surface area contributed by atoms with Crippen LogP contribution in [0.3, 0.4) is 0 Å². The van der Waals surface area contributed by atoms with Gasteiger partial charge in [0.2, 0.25) is 0 Å². The molecule has 0 saturated carbocycles. The summed E-state index contributed by atoms with van der Waals surface area (Å²) in [5.74, 6) is 0. The quantitative estimate of drug-likeness (QED) is 0.407. The number of hydrogen-bond donors (Lipinski definition) is 0. The van der Waals surface area contributed by atoms with E-state index in [0.717, 1.165) is 19.1 Å². The van der Waals surface area contributed by atoms with E-state index in [0.29, 0.717) is 6.04 Å². The fourth-order valence-corrected chi connectivity index (χ4v) is 5.81. The second-order valence-corrected chi connectivity index (χ2v) is 9.61. The monoisotopic (exact) mass is 424 g/mol. The molecule has 0 aromatic heterocycles. The summed E-state index contributed by atoms with van der Waals surface area (Å²) >= 11 is 0. The van der Waals surface area contributed by atoms with Gasteiger partial charge in [-0.15, -0.1) is 0 Å². The van der Waals surface area contributed by atoms with E-state index in [1.807, 2.05) is 0 Å². The molecule has 2 aliphatic rings. The third-order valence-corrected chi connectivity index (χ3v) is 7.47. The Hall–Kier alpha value is -2.58. The van der Waals surface area contributed by atoms with E-state index in [4.69, 9.17) is 0 Å². The number of rotatable bonds is 8. The average molecular weight is 425 g/mol. The Kier molecular flexibility index (Phi) is 6.89. The number of fused-ring (bicyclic) bond motifs is 1. The van der Waals surface area contributed by atoms with Crippen LogP contribution in [0.15, 0.2) is 84.9 Å². The van der Waals surface area contributed by atoms with Gasteiger partial charge >= 0.3 is 0 Å². The number of para-hydroxylation sites is 1. The molecule has 166 valence electrons. The highest BCUT2D eigenvalue weighted by Crippen LogP contribution is 2.30. The van der Waals surface area contributed by atoms with Crippen molar-refractivity contribution < 1.29 is 0 Å². The highest BCUT2D eigenvalue weighted by molar-refractivity contribution is 5.49. The van der Waals surface area contributed by atoms with Gasteiger partial charge in [-0.3, -0.25) is 4.90 Å². The molecule has 5 rings (SSSR count). The first-order chi connectivity index (χ1) is 15.9. The summed E-state index contributed by atoms with van der Waals surface area (Å²) in [6.45, 7) is 3.50. The van der Waals surface area contributed by atoms with E-state index in [1.165, 1.54) is 62.7 Å². The van der Waals surface area contributed by atoms with Crippen molar-refractivity contribution in [2.24, 2.45) is 0 Å². The summed E-state index contributed by atoms with van der Waals surface area (Å²) in [6, 6.07) is 32.5. The molecule has 0 amide bonds. The van der Waals surface area contributed by atoms with Crippen LogP contribution in [0.4, 0.5) is 5.69 Å². The number of nitrogens with zero attached hydrogens (tertiary/aromatic N) is 2. The van der Waals surface area contributed by atoms with E-state index in [1.54, 1.807) is 11.1 Å². The van der Waals surface area contributed by atoms with Crippen molar-refractivity contribution in [2.75, 3.05) is 18.0 Å². The van der Waals surface area contributed by atoms with E-state index in [9.17, 15) is 0 Å². The molecule has 32 heavy (non-hydrogen) atoms. The first kappa shape index (κ1) is 21.3. The number of anilines is 1. The van der Waals surface area contributed by atoms with Gasteiger partial charge in [0.25, 0.3) is 0 Å². The predicted molar refractivity (Wildman–Crippen MR) is 135 cm³/mol. The minimum atomic E-state index is 0.585. The Morgan fingerprint density at radius 1 is 0.750 bits per heavy atom. The van der Waals surface area contributed by atoms with Crippen LogP contribution < -0.4 is 4.90 Å². The van der Waals surface area contributed by atoms with Crippen molar-refractivity contribution in [3.8, 4) is 0 Å². The third-order valence-electron chi connectivity index (χ3n) is 7.47. The van der Waals surface area contributed by atoms with Crippen molar-refractivity contribution in [1.29, 1.82) is 0 Å². The maximum atomic E-state index is 2.75. The normalized spacial score (nSPS) is 19.1. The van der Waals surface area contributed by atoms with Gasteiger partial charge in [0.1, 0.15) is 0 Å². The van der Waals surface area contributed by atoms with Gasteiger partial charge in [0, 0.05) is 30.9 Å². The minimum absolute atomic E-state index is 0.585. The zero-order valence-corrected chi connectivity index (χ0v) is 19.2. The summed E-state index contributed by atoms with van der Waals surface area (Å²) in [5.41, 5.74) is 5.92. The lowest BCUT2D eigenvalue weighted by Gasteiger charge is -2.37. The van der Waals surface area contributed by atoms with Crippen LogP contribution in [0, 0.1) is 0 Å². The van der Waals surface area contributed by atoms with Crippen molar-refractivity contribution in [3.63, 3.8) is 0 Å². The van der Waals surface area contributed by atoms with Gasteiger partial charge in [-0.05, 0) is 73.9 Å². The number of likely N-dealkylation sites (tertiary alicyclic amines) is 1. The highest BCUT2D eigenvalue weighted by Gasteiger charge is 2.28. The van der Waals surface area contributed by atoms with Crippen LogP contribution in [-0.4, -0.2) is 30.1 Å². The number of benzene rings is 3. The SMILES string of the molecule is c1ccc(CN2CCCCC2CCCN(c2ccccc2)C2Cc3ccccc3C2)cc1. The lowest BCUT2D eigenvalue weighted by Crippen LogP contribution is -2.40. The second-order valence-electron chi connectivity index (χ2n) is 9.61. The molecule has 0 bridgehead atoms. The van der Waals surface area contributed by atoms with Gasteiger partial charge in [-0.1, -0.05) is 79.2 Å². The topological polar surface area (TPSA) is 6.48 Å². The molecule has 1 atom stereocenters. The smallest absolute Gasteiger partial charge is 0.0370 e. The molecule has 2 nitrogen and oxygen atoms in total. The van der Waals surface area contributed by atoms with Crippen molar-refractivity contribution in [3.05, 3.63) is 102 Å². The molecule has 1 unspecified atom stereocenters. The Morgan fingerprint density at radius 2 is 1.41 bits per heavy atom. The molecular formula is C30H36N2. The van der Waals surface area contributed by atoms with Crippen LogP contribution in [0.25, 0.3) is 0 Å². The van der Waals surface area contributed by atoms with E-state index in [2.05, 4.69) is 94.7 Å². The van der Waals surface area contributed by atoms with Gasteiger partial charge in [0.15, 0.2) is 0 Å². The van der Waals surface area contributed by atoms with E-state index < -0.39 is 0 Å². The predicted octanol–water partition coefficient (Wildman–Crippen LogP) is 6.50. The van der Waals surface area contributed by atoms with Crippen LogP contribution >= 0.6 is 0 Å². The summed E-state index contributed by atoms with van der Waals surface area (Å²) in [4.78, 5) is 5.45. The Balaban J connectivity index is 1.23. The van der Waals surface area contributed by atoms with Crippen LogP contribution in [0.2, 0.25) is 0 Å². The molecule has 3 aromatic carbocycles. The standard InChI is InChI=1S/C30H36N2/c1-3-12-25(13-4-1)24-31-20-10-9-16-28(31)19-11-21-32(29-17-5-2-6-18-29)30-22-26-14-7-8-15-27(26)23-30/h1-8,12-15,17-18,28,30H,9-11,16,19-24H2. The Labute approximate surface area is 193 Å². The summed E-state index contributed by atoms with van der Waals surface area (Å²) in [5, 5.41) is 0. The molecule has 0 radical (unpaired) electrons. The van der Waals surface area contributed by atoms with Crippen LogP contribution in [-0.2, 0) is 19.4 Å². The largest absolute Gasteiger partial charge is 0.368 e. The molecule has 0 spiro atoms. The van der Waals surface area contributed by atoms with Crippen LogP contribution in [0.5, 0.6) is 0 Å². The summed E-state index contributed by atoms with van der Waals surface area (Å²) in [7, 11) is 0. The maximum absolute atomic E-state index is 2.75. The molecule has 1 fully saturated rings. The third kappa shape index (κ3) is 5.07. The zero-order chi connectivity index (χ0) is 21.6. The Bertz CT molecular complexity index is 943. The fraction of sp³-hybridized carbons (Fsp3) is 0.400. The van der Waals surface area contributed by atoms with E-state index in [-0.39, 0.29) is 0 Å². The van der Waals surface area contributed by atoms with E-state index >= 15 is 0 Å². The molecule has 1 saturated heterocycles. The summed E-state index contributed by atoms with van der Waals surface area (Å²) in [6.07, 6.45) is 9.00. The van der Waals surface area contributed by atoms with Crippen molar-refractivity contribution in [1.82, 2.24) is 4.90 Å². The van der Waals surface area contributed by atoms with Crippen molar-refractivity contribution in [2.45, 2.75) is 63.6 Å². The van der Waals surface area contributed by atoms with Crippen LogP contribution in [0.1, 0.15) is 48.8 Å². The minimum Gasteiger partial charge on any atom is -0.368 e. The first-order valence-corrected chi connectivity index (χ1v) is 12.5. The van der Waals surface area contributed by atoms with Gasteiger partial charge < -0.3 is 4.90 Å². The van der Waals surface area contributed by atoms with Gasteiger partial charge in [0.05, 0.1) is 0 Å². The first-order valence-electron chi connectivity index (χ1n) is 12.5. The lowest BCUT2D eigenvalue weighted by molar-refractivity contribution is 0.130. The molecule has 3 aromatic rings. The molecule has 1 heterocycles. The fourth-order valence-electron chi connectivity index (χ4n) is 5.81. The van der Waals surface area contributed by atoms with Gasteiger partial charge in [-0.25, -0.2) is 0 Å². The average Bonchev–Trinajstić information content (AvgIpc) is 3.28. The lowest BCUT2D eigenvalue weighted by atomic mass is 9.96. The number of hydrogen-bond acceptors (Lipinski definition) is 2. The molecule has 1 aliphatic heterocycles. The van der Waals surface area contributed by atoms with Crippen molar-refractivity contribution >= 4 is 5.69 Å². The maximum Gasteiger partial charge on any atom is 0.0370 e. The molecule has 1 aliphatic carbocycles. The van der Waals surface area contributed by atoms with Gasteiger partial charge in [-0.2, -0.15) is 0 Å². The second kappa shape index (κ2) is 10.4. The molecule has 2 heteroatoms. The number of piperidine rings is 1.